The normalized spacial score (nSPS) is 31.9. The molecule has 4 aliphatic rings. The van der Waals surface area contributed by atoms with E-state index in [1.807, 2.05) is 16.9 Å². The van der Waals surface area contributed by atoms with Crippen molar-refractivity contribution in [3.05, 3.63) is 53.9 Å². The van der Waals surface area contributed by atoms with Gasteiger partial charge < -0.3 is 4.90 Å². The van der Waals surface area contributed by atoms with Crippen molar-refractivity contribution in [2.45, 2.75) is 50.7 Å². The van der Waals surface area contributed by atoms with Crippen LogP contribution in [-0.2, 0) is 11.3 Å². The molecule has 5 heterocycles. The smallest absolute Gasteiger partial charge is 0.224 e. The van der Waals surface area contributed by atoms with Crippen molar-refractivity contribution in [2.24, 2.45) is 5.92 Å². The monoisotopic (exact) mass is 364 g/mol. The van der Waals surface area contributed by atoms with Gasteiger partial charge in [-0.05, 0) is 50.4 Å². The van der Waals surface area contributed by atoms with Crippen LogP contribution in [0.3, 0.4) is 0 Å². The van der Waals surface area contributed by atoms with E-state index in [4.69, 9.17) is 0 Å². The highest BCUT2D eigenvalue weighted by Gasteiger charge is 2.54. The minimum Gasteiger partial charge on any atom is -0.337 e. The van der Waals surface area contributed by atoms with Gasteiger partial charge in [0.1, 0.15) is 0 Å². The first-order valence-corrected chi connectivity index (χ1v) is 10.3. The molecule has 2 aromatic rings. The van der Waals surface area contributed by atoms with Crippen LogP contribution in [0.1, 0.15) is 36.3 Å². The van der Waals surface area contributed by atoms with Gasteiger partial charge in [-0.25, -0.2) is 0 Å². The highest BCUT2D eigenvalue weighted by atomic mass is 16.2. The van der Waals surface area contributed by atoms with Crippen molar-refractivity contribution >= 4 is 5.91 Å². The quantitative estimate of drug-likeness (QED) is 0.838. The number of rotatable bonds is 4. The SMILES string of the molecule is Cc1ccc([C@@H]2CN(C(=O)CCn3cccn3)[C@@H]3C4CCN(CC4)[C@@H]32)cc1. The maximum absolute atomic E-state index is 13.2. The van der Waals surface area contributed by atoms with Crippen LogP contribution >= 0.6 is 0 Å². The van der Waals surface area contributed by atoms with Crippen LogP contribution in [0, 0.1) is 12.8 Å². The Morgan fingerprint density at radius 2 is 1.93 bits per heavy atom. The van der Waals surface area contributed by atoms with Crippen molar-refractivity contribution in [1.82, 2.24) is 19.6 Å². The molecule has 0 spiro atoms. The zero-order valence-corrected chi connectivity index (χ0v) is 16.0. The van der Waals surface area contributed by atoms with Gasteiger partial charge in [0.05, 0.1) is 6.04 Å². The van der Waals surface area contributed by atoms with E-state index in [1.165, 1.54) is 37.1 Å². The zero-order chi connectivity index (χ0) is 18.4. The summed E-state index contributed by atoms with van der Waals surface area (Å²) >= 11 is 0. The van der Waals surface area contributed by atoms with Gasteiger partial charge in [-0.15, -0.1) is 0 Å². The lowest BCUT2D eigenvalue weighted by molar-refractivity contribution is -0.136. The van der Waals surface area contributed by atoms with Gasteiger partial charge in [0.2, 0.25) is 5.91 Å². The molecule has 5 nitrogen and oxygen atoms in total. The highest BCUT2D eigenvalue weighted by Crippen LogP contribution is 2.46. The first-order valence-electron chi connectivity index (χ1n) is 10.3. The molecule has 1 amide bonds. The van der Waals surface area contributed by atoms with E-state index in [1.54, 1.807) is 6.20 Å². The minimum absolute atomic E-state index is 0.295. The third-order valence-corrected chi connectivity index (χ3v) is 6.93. The fourth-order valence-electron chi connectivity index (χ4n) is 5.60. The van der Waals surface area contributed by atoms with E-state index in [0.29, 0.717) is 42.8 Å². The number of aryl methyl sites for hydroxylation is 2. The molecule has 2 bridgehead atoms. The Labute approximate surface area is 161 Å². The Balaban J connectivity index is 1.40. The van der Waals surface area contributed by atoms with Crippen LogP contribution in [0.15, 0.2) is 42.7 Å². The van der Waals surface area contributed by atoms with Crippen molar-refractivity contribution < 1.29 is 4.79 Å². The van der Waals surface area contributed by atoms with Crippen LogP contribution in [-0.4, -0.2) is 57.2 Å². The Morgan fingerprint density at radius 1 is 1.15 bits per heavy atom. The van der Waals surface area contributed by atoms with Gasteiger partial charge in [-0.1, -0.05) is 29.8 Å². The maximum atomic E-state index is 13.2. The fraction of sp³-hybridized carbons (Fsp3) is 0.545. The summed E-state index contributed by atoms with van der Waals surface area (Å²) in [5.41, 5.74) is 2.69. The number of carbonyl (C=O) groups is 1. The Morgan fingerprint density at radius 3 is 2.63 bits per heavy atom. The zero-order valence-electron chi connectivity index (χ0n) is 16.0. The average Bonchev–Trinajstić information content (AvgIpc) is 3.37. The topological polar surface area (TPSA) is 41.4 Å². The van der Waals surface area contributed by atoms with E-state index in [0.717, 1.165) is 6.54 Å². The third-order valence-electron chi connectivity index (χ3n) is 6.93. The van der Waals surface area contributed by atoms with Crippen molar-refractivity contribution in [2.75, 3.05) is 19.6 Å². The minimum atomic E-state index is 0.295. The molecule has 4 saturated heterocycles. The number of hydrogen-bond acceptors (Lipinski definition) is 3. The number of hydrogen-bond donors (Lipinski definition) is 0. The summed E-state index contributed by atoms with van der Waals surface area (Å²) in [6.45, 7) is 6.07. The van der Waals surface area contributed by atoms with Gasteiger partial charge in [0.15, 0.2) is 0 Å². The average molecular weight is 364 g/mol. The molecular formula is C22H28N4O. The number of likely N-dealkylation sites (tertiary alicyclic amines) is 1. The number of aromatic nitrogens is 2. The molecule has 27 heavy (non-hydrogen) atoms. The molecule has 0 radical (unpaired) electrons. The maximum Gasteiger partial charge on any atom is 0.224 e. The lowest BCUT2D eigenvalue weighted by Gasteiger charge is -2.51. The molecule has 0 N–H and O–H groups in total. The van der Waals surface area contributed by atoms with Crippen LogP contribution in [0.5, 0.6) is 0 Å². The van der Waals surface area contributed by atoms with Gasteiger partial charge in [-0.2, -0.15) is 5.10 Å². The third kappa shape index (κ3) is 2.98. The highest BCUT2D eigenvalue weighted by molar-refractivity contribution is 5.77. The second-order valence-corrected chi connectivity index (χ2v) is 8.44. The summed E-state index contributed by atoms with van der Waals surface area (Å²) in [6, 6.07) is 11.8. The lowest BCUT2D eigenvalue weighted by Crippen LogP contribution is -2.60. The number of piperidine rings is 3. The second-order valence-electron chi connectivity index (χ2n) is 8.44. The molecule has 0 saturated carbocycles. The Bertz CT molecular complexity index is 792. The van der Waals surface area contributed by atoms with Gasteiger partial charge in [0, 0.05) is 43.9 Å². The number of fused-ring (bicyclic) bond motifs is 2. The largest absolute Gasteiger partial charge is 0.337 e. The number of nitrogens with zero attached hydrogens (tertiary/aromatic N) is 4. The number of amides is 1. The summed E-state index contributed by atoms with van der Waals surface area (Å²) in [6.07, 6.45) is 6.73. The summed E-state index contributed by atoms with van der Waals surface area (Å²) in [5, 5.41) is 4.24. The second kappa shape index (κ2) is 6.79. The van der Waals surface area contributed by atoms with E-state index in [-0.39, 0.29) is 0 Å². The predicted molar refractivity (Wildman–Crippen MR) is 104 cm³/mol. The standard InChI is InChI=1S/C22H28N4O/c1-16-3-5-17(6-4-16)19-15-26(20(27)9-14-25-11-2-10-23-25)21-18-7-12-24(13-8-18)22(19)21/h2-6,10-11,18-19,21-22H,7-9,12-15H2,1H3/t19-,21+,22+/m0/s1. The molecule has 4 fully saturated rings. The van der Waals surface area contributed by atoms with Gasteiger partial charge >= 0.3 is 0 Å². The molecule has 0 aliphatic carbocycles. The van der Waals surface area contributed by atoms with Crippen molar-refractivity contribution in [3.8, 4) is 0 Å². The molecular weight excluding hydrogens is 336 g/mol. The van der Waals surface area contributed by atoms with Crippen LogP contribution in [0.2, 0.25) is 0 Å². The Hall–Kier alpha value is -2.14. The molecule has 5 heteroatoms. The van der Waals surface area contributed by atoms with Gasteiger partial charge in [0.25, 0.3) is 0 Å². The summed E-state index contributed by atoms with van der Waals surface area (Å²) in [5.74, 6) is 1.40. The van der Waals surface area contributed by atoms with E-state index in [2.05, 4.69) is 46.1 Å². The van der Waals surface area contributed by atoms with E-state index in [9.17, 15) is 4.79 Å². The molecule has 4 aliphatic heterocycles. The van der Waals surface area contributed by atoms with Crippen LogP contribution in [0.4, 0.5) is 0 Å². The molecule has 1 aromatic heterocycles. The van der Waals surface area contributed by atoms with E-state index < -0.39 is 0 Å². The molecule has 1 aromatic carbocycles. The molecule has 0 unspecified atom stereocenters. The van der Waals surface area contributed by atoms with Crippen molar-refractivity contribution in [3.63, 3.8) is 0 Å². The first-order chi connectivity index (χ1) is 13.2. The van der Waals surface area contributed by atoms with Gasteiger partial charge in [-0.3, -0.25) is 14.4 Å². The van der Waals surface area contributed by atoms with Crippen LogP contribution in [0.25, 0.3) is 0 Å². The molecule has 142 valence electrons. The fourth-order valence-corrected chi connectivity index (χ4v) is 5.60. The predicted octanol–water partition coefficient (Wildman–Crippen LogP) is 2.67. The molecule has 3 atom stereocenters. The number of carbonyl (C=O) groups excluding carboxylic acids is 1. The lowest BCUT2D eigenvalue weighted by atomic mass is 9.75. The number of benzene rings is 1. The first kappa shape index (κ1) is 17.0. The Kier molecular flexibility index (Phi) is 4.27. The summed E-state index contributed by atoms with van der Waals surface area (Å²) in [4.78, 5) is 18.1. The molecule has 6 rings (SSSR count). The van der Waals surface area contributed by atoms with Crippen molar-refractivity contribution in [1.29, 1.82) is 0 Å². The van der Waals surface area contributed by atoms with E-state index >= 15 is 0 Å². The van der Waals surface area contributed by atoms with Crippen LogP contribution < -0.4 is 0 Å². The summed E-state index contributed by atoms with van der Waals surface area (Å²) in [7, 11) is 0. The summed E-state index contributed by atoms with van der Waals surface area (Å²) < 4.78 is 1.86.